The fourth-order valence-electron chi connectivity index (χ4n) is 3.23. The number of nitrogens with one attached hydrogen (secondary N) is 1. The van der Waals surface area contributed by atoms with Gasteiger partial charge >= 0.3 is 0 Å². The monoisotopic (exact) mass is 425 g/mol. The van der Waals surface area contributed by atoms with Crippen molar-refractivity contribution in [3.05, 3.63) is 17.7 Å². The molecule has 1 aromatic heterocycles. The van der Waals surface area contributed by atoms with Gasteiger partial charge in [-0.2, -0.15) is 5.26 Å². The molecule has 0 spiro atoms. The molecule has 0 bridgehead atoms. The van der Waals surface area contributed by atoms with Crippen molar-refractivity contribution in [3.8, 4) is 46.9 Å². The number of benzene rings is 1. The molecule has 1 aromatic carbocycles. The van der Waals surface area contributed by atoms with Gasteiger partial charge < -0.3 is 24.4 Å². The van der Waals surface area contributed by atoms with Crippen LogP contribution in [0.5, 0.6) is 17.2 Å². The minimum atomic E-state index is 0.399. The molecule has 0 amide bonds. The molecule has 156 valence electrons. The van der Waals surface area contributed by atoms with E-state index >= 15 is 0 Å². The van der Waals surface area contributed by atoms with E-state index in [0.717, 1.165) is 26.2 Å². The van der Waals surface area contributed by atoms with E-state index < -0.39 is 0 Å². The predicted octanol–water partition coefficient (Wildman–Crippen LogP) is 2.18. The third kappa shape index (κ3) is 4.38. The van der Waals surface area contributed by atoms with Crippen molar-refractivity contribution in [1.82, 2.24) is 15.3 Å². The van der Waals surface area contributed by atoms with E-state index in [2.05, 4.69) is 32.2 Å². The number of piperazine rings is 1. The number of hydrogen-bond acceptors (Lipinski definition) is 9. The maximum atomic E-state index is 10.0. The van der Waals surface area contributed by atoms with Crippen molar-refractivity contribution in [2.75, 3.05) is 58.2 Å². The number of thioether (sulfide) groups is 1. The Morgan fingerprint density at radius 1 is 1.13 bits per heavy atom. The number of nitrogens with zero attached hydrogens (tertiary/aromatic N) is 4. The molecule has 2 aromatic rings. The van der Waals surface area contributed by atoms with E-state index in [1.807, 2.05) is 0 Å². The smallest absolute Gasteiger partial charge is 0.203 e. The van der Waals surface area contributed by atoms with Crippen molar-refractivity contribution in [2.24, 2.45) is 0 Å². The summed E-state index contributed by atoms with van der Waals surface area (Å²) >= 11 is 1.36. The minimum Gasteiger partial charge on any atom is -0.493 e. The van der Waals surface area contributed by atoms with Crippen LogP contribution in [0, 0.1) is 23.7 Å². The number of ether oxygens (including phenoxy) is 3. The SMILES string of the molecule is C#CCSc1nc(-c2cc(OC)c(OC)c(OC)c2)c(C#N)c(N2CCNCC2)n1. The van der Waals surface area contributed by atoms with Gasteiger partial charge in [0.25, 0.3) is 0 Å². The predicted molar refractivity (Wildman–Crippen MR) is 116 cm³/mol. The number of nitriles is 1. The topological polar surface area (TPSA) is 92.5 Å². The highest BCUT2D eigenvalue weighted by Crippen LogP contribution is 2.42. The molecule has 1 saturated heterocycles. The third-order valence-corrected chi connectivity index (χ3v) is 5.37. The molecule has 30 heavy (non-hydrogen) atoms. The first-order valence-corrected chi connectivity index (χ1v) is 10.3. The molecule has 1 fully saturated rings. The Labute approximate surface area is 180 Å². The zero-order valence-corrected chi connectivity index (χ0v) is 18.0. The van der Waals surface area contributed by atoms with Crippen molar-refractivity contribution in [2.45, 2.75) is 5.16 Å². The lowest BCUT2D eigenvalue weighted by Gasteiger charge is -2.29. The number of hydrogen-bond donors (Lipinski definition) is 1. The molecule has 9 heteroatoms. The van der Waals surface area contributed by atoms with Gasteiger partial charge in [-0.1, -0.05) is 17.7 Å². The van der Waals surface area contributed by atoms with Gasteiger partial charge in [-0.05, 0) is 12.1 Å². The van der Waals surface area contributed by atoms with Crippen LogP contribution in [0.1, 0.15) is 5.56 Å². The molecule has 3 rings (SSSR count). The van der Waals surface area contributed by atoms with Crippen LogP contribution >= 0.6 is 11.8 Å². The van der Waals surface area contributed by atoms with Crippen LogP contribution in [0.3, 0.4) is 0 Å². The van der Waals surface area contributed by atoms with E-state index in [-0.39, 0.29) is 0 Å². The summed E-state index contributed by atoms with van der Waals surface area (Å²) in [6, 6.07) is 5.86. The number of aromatic nitrogens is 2. The first-order chi connectivity index (χ1) is 14.7. The maximum Gasteiger partial charge on any atom is 0.203 e. The van der Waals surface area contributed by atoms with Crippen LogP contribution in [-0.4, -0.2) is 63.2 Å². The Bertz CT molecular complexity index is 968. The van der Waals surface area contributed by atoms with Crippen LogP contribution in [0.15, 0.2) is 17.3 Å². The Hall–Kier alpha value is -3.14. The van der Waals surface area contributed by atoms with Gasteiger partial charge in [0.2, 0.25) is 5.75 Å². The van der Waals surface area contributed by atoms with E-state index in [4.69, 9.17) is 20.6 Å². The molecule has 8 nitrogen and oxygen atoms in total. The highest BCUT2D eigenvalue weighted by molar-refractivity contribution is 7.99. The summed E-state index contributed by atoms with van der Waals surface area (Å²) in [6.45, 7) is 3.14. The second kappa shape index (κ2) is 10.1. The Morgan fingerprint density at radius 3 is 2.33 bits per heavy atom. The molecular formula is C21H23N5O3S. The molecule has 0 aliphatic carbocycles. The summed E-state index contributed by atoms with van der Waals surface area (Å²) < 4.78 is 16.4. The van der Waals surface area contributed by atoms with Crippen molar-refractivity contribution in [3.63, 3.8) is 0 Å². The zero-order chi connectivity index (χ0) is 21.5. The van der Waals surface area contributed by atoms with Crippen LogP contribution in [0.4, 0.5) is 5.82 Å². The maximum absolute atomic E-state index is 10.0. The Kier molecular flexibility index (Phi) is 7.23. The summed E-state index contributed by atoms with van der Waals surface area (Å²) in [6.07, 6.45) is 5.43. The molecule has 1 aliphatic rings. The Balaban J connectivity index is 2.22. The number of rotatable bonds is 7. The van der Waals surface area contributed by atoms with Gasteiger partial charge in [0.1, 0.15) is 11.6 Å². The standard InChI is InChI=1S/C21H23N5O3S/c1-5-10-30-21-24-18(14-11-16(27-2)19(29-4)17(12-14)28-3)15(13-22)20(25-21)26-8-6-23-7-9-26/h1,11-12,23H,6-10H2,2-4H3. The van der Waals surface area contributed by atoms with Gasteiger partial charge in [0.05, 0.1) is 32.8 Å². The van der Waals surface area contributed by atoms with Crippen LogP contribution in [0.2, 0.25) is 0 Å². The summed E-state index contributed by atoms with van der Waals surface area (Å²) in [5.41, 5.74) is 1.57. The zero-order valence-electron chi connectivity index (χ0n) is 17.2. The van der Waals surface area contributed by atoms with Crippen molar-refractivity contribution < 1.29 is 14.2 Å². The largest absolute Gasteiger partial charge is 0.493 e. The third-order valence-electron chi connectivity index (χ3n) is 4.62. The number of terminal acetylenes is 1. The number of anilines is 1. The quantitative estimate of drug-likeness (QED) is 0.407. The van der Waals surface area contributed by atoms with Gasteiger partial charge in [-0.25, -0.2) is 9.97 Å². The van der Waals surface area contributed by atoms with Crippen molar-refractivity contribution >= 4 is 17.6 Å². The second-order valence-corrected chi connectivity index (χ2v) is 7.25. The molecule has 0 saturated carbocycles. The van der Waals surface area contributed by atoms with Crippen molar-refractivity contribution in [1.29, 1.82) is 5.26 Å². The molecule has 0 unspecified atom stereocenters. The fourth-order valence-corrected chi connectivity index (χ4v) is 3.75. The lowest BCUT2D eigenvalue weighted by atomic mass is 10.0. The average Bonchev–Trinajstić information content (AvgIpc) is 2.81. The summed E-state index contributed by atoms with van der Waals surface area (Å²) in [4.78, 5) is 11.4. The minimum absolute atomic E-state index is 0.399. The second-order valence-electron chi connectivity index (χ2n) is 6.31. The lowest BCUT2D eigenvalue weighted by molar-refractivity contribution is 0.324. The first kappa shape index (κ1) is 21.6. The average molecular weight is 426 g/mol. The summed E-state index contributed by atoms with van der Waals surface area (Å²) in [7, 11) is 4.64. The van der Waals surface area contributed by atoms with Crippen LogP contribution < -0.4 is 24.4 Å². The lowest BCUT2D eigenvalue weighted by Crippen LogP contribution is -2.44. The van der Waals surface area contributed by atoms with Gasteiger partial charge in [0, 0.05) is 31.7 Å². The molecular weight excluding hydrogens is 402 g/mol. The van der Waals surface area contributed by atoms with Gasteiger partial charge in [0.15, 0.2) is 22.5 Å². The van der Waals surface area contributed by atoms with Gasteiger partial charge in [-0.3, -0.25) is 0 Å². The highest BCUT2D eigenvalue weighted by atomic mass is 32.2. The molecule has 0 radical (unpaired) electrons. The van der Waals surface area contributed by atoms with Crippen LogP contribution in [0.25, 0.3) is 11.3 Å². The first-order valence-electron chi connectivity index (χ1n) is 9.31. The normalized spacial score (nSPS) is 13.3. The fraction of sp³-hybridized carbons (Fsp3) is 0.381. The molecule has 2 heterocycles. The summed E-state index contributed by atoms with van der Waals surface area (Å²) in [5.74, 6) is 5.07. The van der Waals surface area contributed by atoms with Gasteiger partial charge in [-0.15, -0.1) is 6.42 Å². The molecule has 0 atom stereocenters. The highest BCUT2D eigenvalue weighted by Gasteiger charge is 2.24. The van der Waals surface area contributed by atoms with E-state index in [1.165, 1.54) is 11.8 Å². The molecule has 1 aliphatic heterocycles. The summed E-state index contributed by atoms with van der Waals surface area (Å²) in [5, 5.41) is 13.8. The Morgan fingerprint density at radius 2 is 1.80 bits per heavy atom. The van der Waals surface area contributed by atoms with E-state index in [1.54, 1.807) is 33.5 Å². The van der Waals surface area contributed by atoms with Crippen LogP contribution in [-0.2, 0) is 0 Å². The molecule has 1 N–H and O–H groups in total. The van der Waals surface area contributed by atoms with E-state index in [9.17, 15) is 5.26 Å². The number of methoxy groups -OCH3 is 3. The van der Waals surface area contributed by atoms with E-state index in [0.29, 0.717) is 50.8 Å².